The molecule has 4 heteroatoms. The molecule has 0 bridgehead atoms. The molecule has 0 unspecified atom stereocenters. The molecule has 0 amide bonds. The van der Waals surface area contributed by atoms with E-state index in [4.69, 9.17) is 9.47 Å². The maximum absolute atomic E-state index is 11.6. The lowest BCUT2D eigenvalue weighted by molar-refractivity contribution is 0.0526. The lowest BCUT2D eigenvalue weighted by atomic mass is 10.2. The van der Waals surface area contributed by atoms with Crippen molar-refractivity contribution in [2.24, 2.45) is 0 Å². The van der Waals surface area contributed by atoms with E-state index in [0.29, 0.717) is 29.2 Å². The van der Waals surface area contributed by atoms with Crippen molar-refractivity contribution < 1.29 is 19.1 Å². The van der Waals surface area contributed by atoms with Gasteiger partial charge in [0.15, 0.2) is 0 Å². The van der Waals surface area contributed by atoms with Gasteiger partial charge in [0.05, 0.1) is 12.2 Å². The highest BCUT2D eigenvalue weighted by atomic mass is 16.5. The monoisotopic (exact) mass is 270 g/mol. The normalized spacial score (nSPS) is 9.85. The first-order chi connectivity index (χ1) is 9.72. The molecular formula is C16H14O4. The van der Waals surface area contributed by atoms with E-state index in [2.05, 4.69) is 0 Å². The fourth-order valence-electron chi connectivity index (χ4n) is 1.69. The van der Waals surface area contributed by atoms with Crippen molar-refractivity contribution in [2.45, 2.75) is 6.92 Å². The van der Waals surface area contributed by atoms with Crippen LogP contribution in [0.1, 0.15) is 27.6 Å². The number of carbonyl (C=O) groups excluding carboxylic acids is 2. The summed E-state index contributed by atoms with van der Waals surface area (Å²) in [6.07, 6.45) is 0.752. The zero-order valence-electron chi connectivity index (χ0n) is 11.0. The summed E-state index contributed by atoms with van der Waals surface area (Å²) in [6.45, 7) is 2.08. The molecule has 2 aromatic rings. The van der Waals surface area contributed by atoms with Crippen molar-refractivity contribution >= 4 is 12.3 Å². The lowest BCUT2D eigenvalue weighted by Gasteiger charge is -2.07. The molecule has 20 heavy (non-hydrogen) atoms. The van der Waals surface area contributed by atoms with Crippen LogP contribution in [0.5, 0.6) is 11.5 Å². The SMILES string of the molecule is CCOC(=O)c1cccc(Oc2cccc(C=O)c2)c1. The molecule has 0 radical (unpaired) electrons. The third-order valence-corrected chi connectivity index (χ3v) is 2.58. The van der Waals surface area contributed by atoms with Crippen LogP contribution in [-0.2, 0) is 4.74 Å². The Labute approximate surface area is 116 Å². The maximum Gasteiger partial charge on any atom is 0.338 e. The van der Waals surface area contributed by atoms with Gasteiger partial charge in [-0.25, -0.2) is 4.79 Å². The van der Waals surface area contributed by atoms with Gasteiger partial charge in [0.25, 0.3) is 0 Å². The van der Waals surface area contributed by atoms with Crippen molar-refractivity contribution in [1.82, 2.24) is 0 Å². The first-order valence-electron chi connectivity index (χ1n) is 6.23. The Morgan fingerprint density at radius 2 is 1.80 bits per heavy atom. The molecule has 0 aliphatic rings. The van der Waals surface area contributed by atoms with Gasteiger partial charge in [-0.15, -0.1) is 0 Å². The van der Waals surface area contributed by atoms with Crippen LogP contribution in [0.25, 0.3) is 0 Å². The smallest absolute Gasteiger partial charge is 0.338 e. The van der Waals surface area contributed by atoms with Crippen LogP contribution in [0.4, 0.5) is 0 Å². The molecule has 0 aliphatic heterocycles. The Morgan fingerprint density at radius 1 is 1.10 bits per heavy atom. The molecule has 0 saturated heterocycles. The van der Waals surface area contributed by atoms with E-state index in [-0.39, 0.29) is 5.97 Å². The summed E-state index contributed by atoms with van der Waals surface area (Å²) in [6, 6.07) is 13.5. The van der Waals surface area contributed by atoms with Crippen LogP contribution < -0.4 is 4.74 Å². The zero-order valence-corrected chi connectivity index (χ0v) is 11.0. The predicted octanol–water partition coefficient (Wildman–Crippen LogP) is 3.47. The first-order valence-corrected chi connectivity index (χ1v) is 6.23. The van der Waals surface area contributed by atoms with Crippen LogP contribution in [-0.4, -0.2) is 18.9 Å². The number of esters is 1. The molecular weight excluding hydrogens is 256 g/mol. The molecule has 2 aromatic carbocycles. The average molecular weight is 270 g/mol. The quantitative estimate of drug-likeness (QED) is 0.616. The van der Waals surface area contributed by atoms with Crippen molar-refractivity contribution in [2.75, 3.05) is 6.61 Å². The number of rotatable bonds is 5. The highest BCUT2D eigenvalue weighted by Gasteiger charge is 2.07. The Hall–Kier alpha value is -2.62. The molecule has 0 spiro atoms. The minimum atomic E-state index is -0.389. The minimum absolute atomic E-state index is 0.325. The number of hydrogen-bond acceptors (Lipinski definition) is 4. The second-order valence-corrected chi connectivity index (χ2v) is 4.04. The lowest BCUT2D eigenvalue weighted by Crippen LogP contribution is -2.04. The van der Waals surface area contributed by atoms with E-state index in [0.717, 1.165) is 6.29 Å². The number of ether oxygens (including phenoxy) is 2. The average Bonchev–Trinajstić information content (AvgIpc) is 2.48. The van der Waals surface area contributed by atoms with Crippen LogP contribution in [0.2, 0.25) is 0 Å². The van der Waals surface area contributed by atoms with Gasteiger partial charge in [-0.2, -0.15) is 0 Å². The second kappa shape index (κ2) is 6.52. The molecule has 0 atom stereocenters. The van der Waals surface area contributed by atoms with Crippen LogP contribution >= 0.6 is 0 Å². The van der Waals surface area contributed by atoms with Gasteiger partial charge in [-0.05, 0) is 37.3 Å². The van der Waals surface area contributed by atoms with Gasteiger partial charge >= 0.3 is 5.97 Å². The van der Waals surface area contributed by atoms with E-state index >= 15 is 0 Å². The summed E-state index contributed by atoms with van der Waals surface area (Å²) in [5.74, 6) is 0.661. The third kappa shape index (κ3) is 3.45. The standard InChI is InChI=1S/C16H14O4/c1-2-19-16(18)13-6-4-8-15(10-13)20-14-7-3-5-12(9-14)11-17/h3-11H,2H2,1H3. The molecule has 0 aliphatic carbocycles. The van der Waals surface area contributed by atoms with Gasteiger partial charge in [0.2, 0.25) is 0 Å². The molecule has 0 fully saturated rings. The van der Waals surface area contributed by atoms with E-state index in [1.807, 2.05) is 0 Å². The van der Waals surface area contributed by atoms with Crippen LogP contribution in [0, 0.1) is 0 Å². The van der Waals surface area contributed by atoms with E-state index in [9.17, 15) is 9.59 Å². The van der Waals surface area contributed by atoms with Crippen molar-refractivity contribution in [3.05, 3.63) is 59.7 Å². The highest BCUT2D eigenvalue weighted by molar-refractivity contribution is 5.89. The topological polar surface area (TPSA) is 52.6 Å². The van der Waals surface area contributed by atoms with Gasteiger partial charge in [-0.1, -0.05) is 18.2 Å². The van der Waals surface area contributed by atoms with Crippen molar-refractivity contribution in [3.63, 3.8) is 0 Å². The molecule has 2 rings (SSSR count). The summed E-state index contributed by atoms with van der Waals surface area (Å²) < 4.78 is 10.6. The summed E-state index contributed by atoms with van der Waals surface area (Å²) in [5, 5.41) is 0. The summed E-state index contributed by atoms with van der Waals surface area (Å²) in [4.78, 5) is 22.3. The Bertz CT molecular complexity index is 619. The summed E-state index contributed by atoms with van der Waals surface area (Å²) in [5.41, 5.74) is 0.958. The zero-order chi connectivity index (χ0) is 14.4. The van der Waals surface area contributed by atoms with Gasteiger partial charge in [0, 0.05) is 5.56 Å². The third-order valence-electron chi connectivity index (χ3n) is 2.58. The molecule has 0 N–H and O–H groups in total. The Kier molecular flexibility index (Phi) is 4.50. The molecule has 0 aromatic heterocycles. The fraction of sp³-hybridized carbons (Fsp3) is 0.125. The molecule has 0 heterocycles. The number of benzene rings is 2. The molecule has 0 saturated carbocycles. The highest BCUT2D eigenvalue weighted by Crippen LogP contribution is 2.23. The fourth-order valence-corrected chi connectivity index (χ4v) is 1.69. The summed E-state index contributed by atoms with van der Waals surface area (Å²) in [7, 11) is 0. The van der Waals surface area contributed by atoms with Gasteiger partial charge < -0.3 is 9.47 Å². The number of carbonyl (C=O) groups is 2. The van der Waals surface area contributed by atoms with Gasteiger partial charge in [-0.3, -0.25) is 4.79 Å². The Balaban J connectivity index is 2.18. The number of aldehydes is 1. The largest absolute Gasteiger partial charge is 0.462 e. The number of hydrogen-bond donors (Lipinski definition) is 0. The van der Waals surface area contributed by atoms with E-state index in [1.165, 1.54) is 0 Å². The molecule has 102 valence electrons. The van der Waals surface area contributed by atoms with Gasteiger partial charge in [0.1, 0.15) is 17.8 Å². The first kappa shape index (κ1) is 13.8. The predicted molar refractivity (Wildman–Crippen MR) is 74.3 cm³/mol. The maximum atomic E-state index is 11.6. The molecule has 4 nitrogen and oxygen atoms in total. The van der Waals surface area contributed by atoms with Crippen LogP contribution in [0.15, 0.2) is 48.5 Å². The van der Waals surface area contributed by atoms with Crippen molar-refractivity contribution in [1.29, 1.82) is 0 Å². The van der Waals surface area contributed by atoms with E-state index in [1.54, 1.807) is 55.5 Å². The van der Waals surface area contributed by atoms with E-state index < -0.39 is 0 Å². The van der Waals surface area contributed by atoms with Crippen molar-refractivity contribution in [3.8, 4) is 11.5 Å². The second-order valence-electron chi connectivity index (χ2n) is 4.04. The summed E-state index contributed by atoms with van der Waals surface area (Å²) >= 11 is 0. The Morgan fingerprint density at radius 3 is 2.50 bits per heavy atom. The van der Waals surface area contributed by atoms with Crippen LogP contribution in [0.3, 0.4) is 0 Å². The minimum Gasteiger partial charge on any atom is -0.462 e.